The van der Waals surface area contributed by atoms with Gasteiger partial charge in [0.2, 0.25) is 5.91 Å². The minimum Gasteiger partial charge on any atom is -0.311 e. The second-order valence-corrected chi connectivity index (χ2v) is 7.15. The van der Waals surface area contributed by atoms with E-state index in [-0.39, 0.29) is 5.91 Å². The number of rotatable bonds is 4. The van der Waals surface area contributed by atoms with Crippen molar-refractivity contribution in [2.75, 3.05) is 17.2 Å². The van der Waals surface area contributed by atoms with Crippen molar-refractivity contribution in [3.63, 3.8) is 0 Å². The normalized spacial score (nSPS) is 13.1. The molecule has 4 rings (SSSR count). The zero-order valence-electron chi connectivity index (χ0n) is 13.4. The summed E-state index contributed by atoms with van der Waals surface area (Å²) in [5.74, 6) is 0.460. The second-order valence-electron chi connectivity index (χ2n) is 5.77. The van der Waals surface area contributed by atoms with Gasteiger partial charge in [-0.05, 0) is 36.2 Å². The van der Waals surface area contributed by atoms with Gasteiger partial charge in [-0.3, -0.25) is 9.36 Å². The van der Waals surface area contributed by atoms with Gasteiger partial charge < -0.3 is 4.90 Å². The number of fused-ring (bicyclic) bond motifs is 1. The van der Waals surface area contributed by atoms with Gasteiger partial charge in [-0.1, -0.05) is 47.6 Å². The molecule has 0 saturated carbocycles. The molecule has 0 N–H and O–H groups in total. The maximum absolute atomic E-state index is 12.7. The predicted octanol–water partition coefficient (Wildman–Crippen LogP) is 4.21. The average molecular weight is 370 g/mol. The number of amides is 1. The molecule has 1 aromatic heterocycles. The summed E-state index contributed by atoms with van der Waals surface area (Å²) in [5, 5.41) is 1.45. The Labute approximate surface area is 155 Å². The minimum absolute atomic E-state index is 0.107. The summed E-state index contributed by atoms with van der Waals surface area (Å²) in [4.78, 5) is 18.9. The molecule has 2 heterocycles. The van der Waals surface area contributed by atoms with Crippen LogP contribution in [0.25, 0.3) is 5.69 Å². The molecule has 1 aliphatic heterocycles. The van der Waals surface area contributed by atoms with E-state index in [4.69, 9.17) is 11.6 Å². The van der Waals surface area contributed by atoms with E-state index in [1.54, 1.807) is 6.20 Å². The number of hydrogen-bond acceptors (Lipinski definition) is 3. The molecule has 4 nitrogen and oxygen atoms in total. The standard InChI is InChI=1S/C19H16ClN3OS/c20-15-5-3-6-16(12-15)22-11-9-21-19(22)25-13-18(24)23-10-8-14-4-1-2-7-17(14)23/h1-7,9,11-12H,8,10,13H2. The van der Waals surface area contributed by atoms with Crippen molar-refractivity contribution in [1.29, 1.82) is 0 Å². The molecular formula is C19H16ClN3OS. The maximum Gasteiger partial charge on any atom is 0.237 e. The first-order valence-electron chi connectivity index (χ1n) is 8.03. The molecule has 25 heavy (non-hydrogen) atoms. The van der Waals surface area contributed by atoms with Crippen LogP contribution in [0.4, 0.5) is 5.69 Å². The number of nitrogens with zero attached hydrogens (tertiary/aromatic N) is 3. The van der Waals surface area contributed by atoms with E-state index in [1.165, 1.54) is 17.3 Å². The molecule has 3 aromatic rings. The number of carbonyl (C=O) groups excluding carboxylic acids is 1. The zero-order chi connectivity index (χ0) is 17.2. The van der Waals surface area contributed by atoms with Crippen LogP contribution in [0.3, 0.4) is 0 Å². The maximum atomic E-state index is 12.7. The molecule has 1 aliphatic rings. The molecule has 126 valence electrons. The predicted molar refractivity (Wildman–Crippen MR) is 102 cm³/mol. The highest BCUT2D eigenvalue weighted by Crippen LogP contribution is 2.29. The van der Waals surface area contributed by atoms with Gasteiger partial charge in [0.15, 0.2) is 5.16 Å². The summed E-state index contributed by atoms with van der Waals surface area (Å²) in [6.07, 6.45) is 4.53. The van der Waals surface area contributed by atoms with Crippen molar-refractivity contribution in [3.05, 3.63) is 71.5 Å². The molecule has 0 aliphatic carbocycles. The van der Waals surface area contributed by atoms with E-state index in [2.05, 4.69) is 11.1 Å². The molecule has 0 saturated heterocycles. The number of carbonyl (C=O) groups is 1. The summed E-state index contributed by atoms with van der Waals surface area (Å²) in [7, 11) is 0. The van der Waals surface area contributed by atoms with E-state index in [0.717, 1.165) is 29.5 Å². The molecule has 6 heteroatoms. The number of thioether (sulfide) groups is 1. The van der Waals surface area contributed by atoms with Gasteiger partial charge in [0.25, 0.3) is 0 Å². The van der Waals surface area contributed by atoms with Crippen LogP contribution >= 0.6 is 23.4 Å². The van der Waals surface area contributed by atoms with E-state index in [9.17, 15) is 4.79 Å². The molecule has 0 bridgehead atoms. The van der Waals surface area contributed by atoms with Crippen LogP contribution in [0.5, 0.6) is 0 Å². The van der Waals surface area contributed by atoms with Gasteiger partial charge in [0, 0.05) is 35.3 Å². The van der Waals surface area contributed by atoms with E-state index < -0.39 is 0 Å². The Bertz CT molecular complexity index is 924. The number of aromatic nitrogens is 2. The fourth-order valence-corrected chi connectivity index (χ4v) is 4.05. The van der Waals surface area contributed by atoms with Crippen LogP contribution < -0.4 is 4.90 Å². The quantitative estimate of drug-likeness (QED) is 0.647. The second kappa shape index (κ2) is 6.94. The lowest BCUT2D eigenvalue weighted by Gasteiger charge is -2.17. The highest BCUT2D eigenvalue weighted by molar-refractivity contribution is 7.99. The molecule has 2 aromatic carbocycles. The van der Waals surface area contributed by atoms with Crippen molar-refractivity contribution in [1.82, 2.24) is 9.55 Å². The Morgan fingerprint density at radius 3 is 2.96 bits per heavy atom. The monoisotopic (exact) mass is 369 g/mol. The molecule has 1 amide bonds. The van der Waals surface area contributed by atoms with Crippen LogP contribution in [-0.2, 0) is 11.2 Å². The highest BCUT2D eigenvalue weighted by Gasteiger charge is 2.24. The molecule has 0 unspecified atom stereocenters. The lowest BCUT2D eigenvalue weighted by molar-refractivity contribution is -0.116. The number of benzene rings is 2. The summed E-state index contributed by atoms with van der Waals surface area (Å²) >= 11 is 7.52. The van der Waals surface area contributed by atoms with Crippen molar-refractivity contribution >= 4 is 35.0 Å². The molecule has 0 fully saturated rings. The Balaban J connectivity index is 1.48. The fourth-order valence-electron chi connectivity index (χ4n) is 3.02. The molecular weight excluding hydrogens is 354 g/mol. The third-order valence-electron chi connectivity index (χ3n) is 4.21. The third-order valence-corrected chi connectivity index (χ3v) is 5.39. The number of anilines is 1. The lowest BCUT2D eigenvalue weighted by Crippen LogP contribution is -2.30. The number of hydrogen-bond donors (Lipinski definition) is 0. The van der Waals surface area contributed by atoms with Crippen molar-refractivity contribution < 1.29 is 4.79 Å². The van der Waals surface area contributed by atoms with Gasteiger partial charge in [0.1, 0.15) is 0 Å². The summed E-state index contributed by atoms with van der Waals surface area (Å²) in [5.41, 5.74) is 3.21. The van der Waals surface area contributed by atoms with Crippen LogP contribution in [-0.4, -0.2) is 27.8 Å². The lowest BCUT2D eigenvalue weighted by atomic mass is 10.2. The van der Waals surface area contributed by atoms with Gasteiger partial charge in [-0.25, -0.2) is 4.98 Å². The average Bonchev–Trinajstić information content (AvgIpc) is 3.26. The van der Waals surface area contributed by atoms with Gasteiger partial charge >= 0.3 is 0 Å². The summed E-state index contributed by atoms with van der Waals surface area (Å²) < 4.78 is 1.95. The van der Waals surface area contributed by atoms with E-state index >= 15 is 0 Å². The first kappa shape index (κ1) is 16.2. The largest absolute Gasteiger partial charge is 0.311 e. The van der Waals surface area contributed by atoms with Crippen molar-refractivity contribution in [3.8, 4) is 5.69 Å². The topological polar surface area (TPSA) is 38.1 Å². The first-order chi connectivity index (χ1) is 12.2. The number of halogens is 1. The minimum atomic E-state index is 0.107. The number of imidazole rings is 1. The van der Waals surface area contributed by atoms with Crippen molar-refractivity contribution in [2.24, 2.45) is 0 Å². The van der Waals surface area contributed by atoms with Crippen LogP contribution in [0.15, 0.2) is 66.1 Å². The SMILES string of the molecule is O=C(CSc1nccn1-c1cccc(Cl)c1)N1CCc2ccccc21. The van der Waals surface area contributed by atoms with Crippen molar-refractivity contribution in [2.45, 2.75) is 11.6 Å². The zero-order valence-corrected chi connectivity index (χ0v) is 15.0. The molecule has 0 atom stereocenters. The van der Waals surface area contributed by atoms with Crippen LogP contribution in [0.2, 0.25) is 5.02 Å². The Morgan fingerprint density at radius 1 is 1.20 bits per heavy atom. The molecule has 0 spiro atoms. The highest BCUT2D eigenvalue weighted by atomic mass is 35.5. The third kappa shape index (κ3) is 3.30. The van der Waals surface area contributed by atoms with Gasteiger partial charge in [-0.15, -0.1) is 0 Å². The summed E-state index contributed by atoms with van der Waals surface area (Å²) in [6, 6.07) is 15.7. The Morgan fingerprint density at radius 2 is 2.08 bits per heavy atom. The van der Waals surface area contributed by atoms with Gasteiger partial charge in [0.05, 0.1) is 5.75 Å². The smallest absolute Gasteiger partial charge is 0.237 e. The van der Waals surface area contributed by atoms with Gasteiger partial charge in [-0.2, -0.15) is 0 Å². The Kier molecular flexibility index (Phi) is 4.51. The fraction of sp³-hybridized carbons (Fsp3) is 0.158. The van der Waals surface area contributed by atoms with E-state index in [0.29, 0.717) is 10.8 Å². The van der Waals surface area contributed by atoms with Crippen LogP contribution in [0.1, 0.15) is 5.56 Å². The first-order valence-corrected chi connectivity index (χ1v) is 9.39. The summed E-state index contributed by atoms with van der Waals surface area (Å²) in [6.45, 7) is 0.751. The van der Waals surface area contributed by atoms with E-state index in [1.807, 2.05) is 58.1 Å². The Hall–Kier alpha value is -2.24. The van der Waals surface area contributed by atoms with Crippen LogP contribution in [0, 0.1) is 0 Å². The molecule has 0 radical (unpaired) electrons. The number of para-hydroxylation sites is 1.